The molecule has 2 nitrogen and oxygen atoms in total. The first-order chi connectivity index (χ1) is 5.28. The largest absolute Gasteiger partial charge is 0.394 e. The molecule has 2 unspecified atom stereocenters. The summed E-state index contributed by atoms with van der Waals surface area (Å²) in [7, 11) is 0. The zero-order valence-corrected chi connectivity index (χ0v) is 8.06. The molecule has 0 spiro atoms. The molecule has 0 aromatic carbocycles. The molecule has 0 saturated heterocycles. The molecule has 2 atom stereocenters. The third-order valence-electron chi connectivity index (χ3n) is 1.69. The zero-order valence-electron chi connectivity index (χ0n) is 7.25. The minimum absolute atomic E-state index is 0.0251. The lowest BCUT2D eigenvalue weighted by Gasteiger charge is -2.19. The Kier molecular flexibility index (Phi) is 7.12. The molecule has 0 fully saturated rings. The molecule has 0 amide bonds. The molecule has 3 heteroatoms. The second-order valence-corrected chi connectivity index (χ2v) is 2.88. The van der Waals surface area contributed by atoms with Gasteiger partial charge in [-0.3, -0.25) is 0 Å². The highest BCUT2D eigenvalue weighted by Gasteiger charge is 2.11. The molecule has 0 aliphatic carbocycles. The number of ether oxygens (including phenoxy) is 1. The van der Waals surface area contributed by atoms with Crippen molar-refractivity contribution in [1.82, 2.24) is 0 Å². The van der Waals surface area contributed by atoms with Gasteiger partial charge in [-0.1, -0.05) is 26.5 Å². The average molecular weight is 177 g/mol. The van der Waals surface area contributed by atoms with Gasteiger partial charge >= 0.3 is 0 Å². The van der Waals surface area contributed by atoms with Gasteiger partial charge in [0.2, 0.25) is 0 Å². The molecule has 0 aromatic rings. The van der Waals surface area contributed by atoms with Crippen LogP contribution in [0.2, 0.25) is 0 Å². The van der Waals surface area contributed by atoms with Crippen LogP contribution in [-0.2, 0) is 4.74 Å². The quantitative estimate of drug-likeness (QED) is 0.670. The second kappa shape index (κ2) is 6.95. The van der Waals surface area contributed by atoms with E-state index in [4.69, 9.17) is 22.5 Å². The van der Waals surface area contributed by atoms with E-state index in [1.54, 1.807) is 0 Å². The van der Waals surface area contributed by atoms with Crippen LogP contribution in [0.3, 0.4) is 0 Å². The van der Waals surface area contributed by atoms with Crippen molar-refractivity contribution < 1.29 is 9.84 Å². The summed E-state index contributed by atoms with van der Waals surface area (Å²) in [6, 6.07) is 0. The van der Waals surface area contributed by atoms with E-state index >= 15 is 0 Å². The van der Waals surface area contributed by atoms with Gasteiger partial charge in [0.15, 0.2) is 0 Å². The summed E-state index contributed by atoms with van der Waals surface area (Å²) in [6.45, 7) is 4.14. The molecule has 67 valence electrons. The van der Waals surface area contributed by atoms with E-state index in [0.29, 0.717) is 5.75 Å². The molecule has 0 saturated carbocycles. The Morgan fingerprint density at radius 1 is 1.27 bits per heavy atom. The standard InChI is InChI=1S/C8H17O2S/c1-3-7(5-9)10-8(4-2)6-11/h7-9H,3-6H2,1-2H3. The summed E-state index contributed by atoms with van der Waals surface area (Å²) < 4.78 is 5.49. The van der Waals surface area contributed by atoms with Crippen LogP contribution in [0.4, 0.5) is 0 Å². The van der Waals surface area contributed by atoms with Crippen LogP contribution >= 0.6 is 12.6 Å². The second-order valence-electron chi connectivity index (χ2n) is 2.55. The van der Waals surface area contributed by atoms with Crippen LogP contribution in [-0.4, -0.2) is 29.7 Å². The molecule has 0 aliphatic rings. The fraction of sp³-hybridized carbons (Fsp3) is 1.00. The summed E-state index contributed by atoms with van der Waals surface area (Å²) in [5.74, 6) is 0.618. The highest BCUT2D eigenvalue weighted by molar-refractivity contribution is 7.80. The van der Waals surface area contributed by atoms with Gasteiger partial charge in [0.1, 0.15) is 0 Å². The Labute approximate surface area is 74.4 Å². The van der Waals surface area contributed by atoms with E-state index in [-0.39, 0.29) is 18.8 Å². The lowest BCUT2D eigenvalue weighted by Crippen LogP contribution is -2.25. The first-order valence-corrected chi connectivity index (χ1v) is 4.70. The SMILES string of the molecule is CCC(CO)OC(CC)C[S]. The Morgan fingerprint density at radius 2 is 1.82 bits per heavy atom. The summed E-state index contributed by atoms with van der Waals surface area (Å²) in [5, 5.41) is 8.81. The molecule has 1 radical (unpaired) electrons. The molecular formula is C8H17O2S. The van der Waals surface area contributed by atoms with Crippen molar-refractivity contribution in [3.8, 4) is 0 Å². The molecule has 0 heterocycles. The molecule has 0 bridgehead atoms. The maximum atomic E-state index is 8.81. The van der Waals surface area contributed by atoms with Gasteiger partial charge < -0.3 is 9.84 Å². The summed E-state index contributed by atoms with van der Waals surface area (Å²) in [4.78, 5) is 0. The first-order valence-electron chi connectivity index (χ1n) is 4.12. The van der Waals surface area contributed by atoms with Crippen LogP contribution in [0, 0.1) is 0 Å². The van der Waals surface area contributed by atoms with Gasteiger partial charge in [0.05, 0.1) is 18.8 Å². The van der Waals surface area contributed by atoms with E-state index in [0.717, 1.165) is 12.8 Å². The van der Waals surface area contributed by atoms with E-state index in [2.05, 4.69) is 0 Å². The maximum Gasteiger partial charge on any atom is 0.0807 e. The third-order valence-corrected chi connectivity index (χ3v) is 2.06. The van der Waals surface area contributed by atoms with Crippen molar-refractivity contribution in [3.63, 3.8) is 0 Å². The van der Waals surface area contributed by atoms with Crippen LogP contribution in [0.1, 0.15) is 26.7 Å². The number of aliphatic hydroxyl groups excluding tert-OH is 1. The molecular weight excluding hydrogens is 160 g/mol. The molecule has 0 aromatic heterocycles. The number of hydrogen-bond acceptors (Lipinski definition) is 2. The van der Waals surface area contributed by atoms with Gasteiger partial charge in [-0.15, -0.1) is 0 Å². The molecule has 0 rings (SSSR count). The van der Waals surface area contributed by atoms with Gasteiger partial charge in [-0.05, 0) is 12.8 Å². The minimum atomic E-state index is -0.0251. The van der Waals surface area contributed by atoms with Gasteiger partial charge in [0, 0.05) is 5.75 Å². The van der Waals surface area contributed by atoms with Crippen molar-refractivity contribution in [3.05, 3.63) is 0 Å². The van der Waals surface area contributed by atoms with E-state index in [9.17, 15) is 0 Å². The Hall–Kier alpha value is 0.270. The molecule has 1 N–H and O–H groups in total. The highest BCUT2D eigenvalue weighted by atomic mass is 32.1. The molecule has 11 heavy (non-hydrogen) atoms. The normalized spacial score (nSPS) is 16.4. The van der Waals surface area contributed by atoms with E-state index in [1.165, 1.54) is 0 Å². The van der Waals surface area contributed by atoms with Gasteiger partial charge in [0.25, 0.3) is 0 Å². The van der Waals surface area contributed by atoms with E-state index in [1.807, 2.05) is 13.8 Å². The van der Waals surface area contributed by atoms with Crippen molar-refractivity contribution in [1.29, 1.82) is 0 Å². The fourth-order valence-corrected chi connectivity index (χ4v) is 1.11. The van der Waals surface area contributed by atoms with Gasteiger partial charge in [-0.25, -0.2) is 0 Å². The van der Waals surface area contributed by atoms with Crippen molar-refractivity contribution >= 4 is 12.6 Å². The topological polar surface area (TPSA) is 29.5 Å². The van der Waals surface area contributed by atoms with Crippen LogP contribution < -0.4 is 0 Å². The third kappa shape index (κ3) is 4.67. The minimum Gasteiger partial charge on any atom is -0.394 e. The number of hydrogen-bond donors (Lipinski definition) is 1. The lowest BCUT2D eigenvalue weighted by atomic mass is 10.2. The summed E-state index contributed by atoms with van der Waals surface area (Å²) in [6.07, 6.45) is 1.90. The Balaban J connectivity index is 3.58. The first kappa shape index (κ1) is 11.3. The summed E-state index contributed by atoms with van der Waals surface area (Å²) in [5.41, 5.74) is 0. The number of aliphatic hydroxyl groups is 1. The highest BCUT2D eigenvalue weighted by Crippen LogP contribution is 2.06. The maximum absolute atomic E-state index is 8.81. The van der Waals surface area contributed by atoms with E-state index < -0.39 is 0 Å². The predicted octanol–water partition coefficient (Wildman–Crippen LogP) is 1.75. The average Bonchev–Trinajstić information content (AvgIpc) is 2.07. The lowest BCUT2D eigenvalue weighted by molar-refractivity contribution is -0.0313. The van der Waals surface area contributed by atoms with Gasteiger partial charge in [-0.2, -0.15) is 0 Å². The smallest absolute Gasteiger partial charge is 0.0807 e. The predicted molar refractivity (Wildman–Crippen MR) is 48.8 cm³/mol. The summed E-state index contributed by atoms with van der Waals surface area (Å²) >= 11 is 4.88. The van der Waals surface area contributed by atoms with Crippen molar-refractivity contribution in [2.24, 2.45) is 0 Å². The van der Waals surface area contributed by atoms with Crippen molar-refractivity contribution in [2.75, 3.05) is 12.4 Å². The Bertz CT molecular complexity index is 70.2. The number of rotatable bonds is 6. The Morgan fingerprint density at radius 3 is 2.09 bits per heavy atom. The monoisotopic (exact) mass is 177 g/mol. The van der Waals surface area contributed by atoms with Crippen LogP contribution in [0.15, 0.2) is 0 Å². The van der Waals surface area contributed by atoms with Crippen LogP contribution in [0.5, 0.6) is 0 Å². The van der Waals surface area contributed by atoms with Crippen molar-refractivity contribution in [2.45, 2.75) is 38.9 Å². The molecule has 0 aliphatic heterocycles. The van der Waals surface area contributed by atoms with Crippen LogP contribution in [0.25, 0.3) is 0 Å². The zero-order chi connectivity index (χ0) is 8.69. The fourth-order valence-electron chi connectivity index (χ4n) is 0.794.